The first-order chi connectivity index (χ1) is 21.1. The normalized spacial score (nSPS) is 11.1. The molecule has 0 bridgehead atoms. The van der Waals surface area contributed by atoms with Crippen LogP contribution in [0.15, 0.2) is 126 Å². The summed E-state index contributed by atoms with van der Waals surface area (Å²) in [5.74, 6) is 0.922. The van der Waals surface area contributed by atoms with E-state index in [2.05, 4.69) is 15.1 Å². The summed E-state index contributed by atoms with van der Waals surface area (Å²) in [5, 5.41) is 6.06. The molecule has 0 amide bonds. The van der Waals surface area contributed by atoms with Crippen LogP contribution in [0.3, 0.4) is 0 Å². The van der Waals surface area contributed by atoms with Gasteiger partial charge in [0.05, 0.1) is 22.4 Å². The van der Waals surface area contributed by atoms with E-state index in [9.17, 15) is 4.79 Å². The maximum absolute atomic E-state index is 13.0. The summed E-state index contributed by atoms with van der Waals surface area (Å²) in [6, 6.07) is 37.5. The fourth-order valence-electron chi connectivity index (χ4n) is 4.46. The van der Waals surface area contributed by atoms with Gasteiger partial charge in [-0.25, -0.2) is 14.8 Å². The number of rotatable bonds is 10. The molecule has 0 aliphatic heterocycles. The van der Waals surface area contributed by atoms with Crippen molar-refractivity contribution in [1.82, 2.24) is 9.97 Å². The molecule has 0 fully saturated rings. The van der Waals surface area contributed by atoms with E-state index in [-0.39, 0.29) is 36.7 Å². The molecular formula is C35H28N3NaO5. The summed E-state index contributed by atoms with van der Waals surface area (Å²) in [6.45, 7) is 0.622. The van der Waals surface area contributed by atoms with Crippen LogP contribution in [0.1, 0.15) is 18.4 Å². The predicted octanol–water partition coefficient (Wildman–Crippen LogP) is 4.01. The number of hydrogen-bond donors (Lipinski definition) is 0. The zero-order valence-corrected chi connectivity index (χ0v) is 26.3. The molecule has 2 aromatic heterocycles. The third-order valence-electron chi connectivity index (χ3n) is 6.62. The van der Waals surface area contributed by atoms with E-state index in [1.165, 1.54) is 7.11 Å². The van der Waals surface area contributed by atoms with Crippen molar-refractivity contribution in [3.05, 3.63) is 138 Å². The Hall–Kier alpha value is -4.76. The smallest absolute Gasteiger partial charge is 1.00 e. The molecule has 0 aliphatic rings. The second-order valence-corrected chi connectivity index (χ2v) is 9.58. The minimum absolute atomic E-state index is 0. The molecule has 0 atom stereocenters. The van der Waals surface area contributed by atoms with E-state index in [1.807, 2.05) is 72.8 Å². The third-order valence-corrected chi connectivity index (χ3v) is 6.62. The van der Waals surface area contributed by atoms with E-state index in [0.717, 1.165) is 33.2 Å². The van der Waals surface area contributed by atoms with Crippen LogP contribution in [0.5, 0.6) is 17.2 Å². The Kier molecular flexibility index (Phi) is 10.2. The number of carbonyl (C=O) groups excluding carboxylic acids is 1. The van der Waals surface area contributed by atoms with Crippen LogP contribution in [0.25, 0.3) is 21.8 Å². The van der Waals surface area contributed by atoms with E-state index >= 15 is 0 Å². The van der Waals surface area contributed by atoms with Crippen LogP contribution in [0.2, 0.25) is 0 Å². The monoisotopic (exact) mass is 593 g/mol. The largest absolute Gasteiger partial charge is 1.00 e. The molecule has 44 heavy (non-hydrogen) atoms. The van der Waals surface area contributed by atoms with Crippen molar-refractivity contribution in [2.75, 3.05) is 7.11 Å². The SMILES string of the molecule is CON=C(C(=O)Oc1ccc(OCc2ccc3ccccc3n2)cc1)c1ccc(OCc2ccc3ccccc3n2)cc1.[H-].[Na+]. The van der Waals surface area contributed by atoms with Crippen LogP contribution in [0, 0.1) is 0 Å². The summed E-state index contributed by atoms with van der Waals surface area (Å²) >= 11 is 0. The second kappa shape index (κ2) is 14.6. The summed E-state index contributed by atoms with van der Waals surface area (Å²) in [4.78, 5) is 27.2. The van der Waals surface area contributed by atoms with Crippen LogP contribution in [-0.2, 0) is 22.8 Å². The molecule has 0 radical (unpaired) electrons. The number of carbonyl (C=O) groups is 1. The number of esters is 1. The van der Waals surface area contributed by atoms with Gasteiger partial charge in [0, 0.05) is 16.3 Å². The van der Waals surface area contributed by atoms with Crippen molar-refractivity contribution in [2.45, 2.75) is 13.2 Å². The average molecular weight is 594 g/mol. The fourth-order valence-corrected chi connectivity index (χ4v) is 4.46. The van der Waals surface area contributed by atoms with Crippen LogP contribution in [0.4, 0.5) is 0 Å². The molecular weight excluding hydrogens is 565 g/mol. The van der Waals surface area contributed by atoms with Gasteiger partial charge >= 0.3 is 35.5 Å². The van der Waals surface area contributed by atoms with E-state index in [1.54, 1.807) is 48.5 Å². The van der Waals surface area contributed by atoms with Gasteiger partial charge in [-0.1, -0.05) is 53.7 Å². The summed E-state index contributed by atoms with van der Waals surface area (Å²) in [7, 11) is 1.37. The van der Waals surface area contributed by atoms with Crippen molar-refractivity contribution in [3.8, 4) is 17.2 Å². The molecule has 0 unspecified atom stereocenters. The van der Waals surface area contributed by atoms with E-state index in [4.69, 9.17) is 19.0 Å². The molecule has 214 valence electrons. The van der Waals surface area contributed by atoms with Gasteiger partial charge in [0.1, 0.15) is 37.6 Å². The molecule has 0 saturated heterocycles. The minimum atomic E-state index is -0.662. The zero-order valence-electron chi connectivity index (χ0n) is 25.3. The second-order valence-electron chi connectivity index (χ2n) is 9.58. The number of hydrogen-bond acceptors (Lipinski definition) is 8. The Labute approximate surface area is 278 Å². The van der Waals surface area contributed by atoms with Crippen molar-refractivity contribution < 1.29 is 54.8 Å². The number of ether oxygens (including phenoxy) is 3. The predicted molar refractivity (Wildman–Crippen MR) is 165 cm³/mol. The first kappa shape index (κ1) is 30.7. The number of benzene rings is 4. The Balaban J connectivity index is 0.00000230. The van der Waals surface area contributed by atoms with Crippen molar-refractivity contribution >= 4 is 33.5 Å². The molecule has 2 heterocycles. The zero-order chi connectivity index (χ0) is 29.4. The summed E-state index contributed by atoms with van der Waals surface area (Å²) in [5.41, 5.74) is 4.00. The first-order valence-corrected chi connectivity index (χ1v) is 13.6. The Bertz CT molecular complexity index is 1920. The van der Waals surface area contributed by atoms with Gasteiger partial charge in [0.2, 0.25) is 0 Å². The summed E-state index contributed by atoms with van der Waals surface area (Å²) in [6.07, 6.45) is 0. The molecule has 8 nitrogen and oxygen atoms in total. The van der Waals surface area contributed by atoms with Crippen molar-refractivity contribution in [3.63, 3.8) is 0 Å². The Morgan fingerprint density at radius 1 is 0.636 bits per heavy atom. The molecule has 0 N–H and O–H groups in total. The Morgan fingerprint density at radius 3 is 1.64 bits per heavy atom. The molecule has 0 spiro atoms. The number of nitrogens with zero attached hydrogens (tertiary/aromatic N) is 3. The van der Waals surface area contributed by atoms with Gasteiger partial charge in [-0.3, -0.25) is 0 Å². The average Bonchev–Trinajstić information content (AvgIpc) is 3.06. The van der Waals surface area contributed by atoms with Gasteiger partial charge in [0.15, 0.2) is 5.71 Å². The van der Waals surface area contributed by atoms with Crippen LogP contribution < -0.4 is 43.8 Å². The number of aromatic nitrogens is 2. The van der Waals surface area contributed by atoms with Crippen molar-refractivity contribution in [1.29, 1.82) is 0 Å². The summed E-state index contributed by atoms with van der Waals surface area (Å²) < 4.78 is 17.3. The van der Waals surface area contributed by atoms with E-state index < -0.39 is 5.97 Å². The maximum Gasteiger partial charge on any atom is 1.00 e. The molecule has 9 heteroatoms. The third kappa shape index (κ3) is 7.60. The molecule has 0 saturated carbocycles. The van der Waals surface area contributed by atoms with Crippen LogP contribution >= 0.6 is 0 Å². The quantitative estimate of drug-likeness (QED) is 0.0779. The topological polar surface area (TPSA) is 92.1 Å². The van der Waals surface area contributed by atoms with Gasteiger partial charge in [0.25, 0.3) is 0 Å². The van der Waals surface area contributed by atoms with Gasteiger partial charge < -0.3 is 20.5 Å². The number of pyridine rings is 2. The Morgan fingerprint density at radius 2 is 1.11 bits per heavy atom. The number of oxime groups is 1. The van der Waals surface area contributed by atoms with Crippen molar-refractivity contribution in [2.24, 2.45) is 5.16 Å². The number of para-hydroxylation sites is 2. The fraction of sp³-hybridized carbons (Fsp3) is 0.0857. The standard InChI is InChI=1S/C35H27N3O5.Na.H/c1-40-38-34(26-12-16-29(17-13-26)41-22-27-14-10-24-6-2-4-8-32(24)36-27)35(39)43-31-20-18-30(19-21-31)42-23-28-15-11-25-7-3-5-9-33(25)37-28;;/h2-21H,22-23H2,1H3;;/q;+1;-1. The van der Waals surface area contributed by atoms with E-state index in [0.29, 0.717) is 36.0 Å². The maximum atomic E-state index is 13.0. The molecule has 6 rings (SSSR count). The molecule has 6 aromatic rings. The van der Waals surface area contributed by atoms with Crippen LogP contribution in [-0.4, -0.2) is 28.8 Å². The minimum Gasteiger partial charge on any atom is -1.00 e. The first-order valence-electron chi connectivity index (χ1n) is 13.6. The number of fused-ring (bicyclic) bond motifs is 2. The van der Waals surface area contributed by atoms with Gasteiger partial charge in [-0.2, -0.15) is 0 Å². The molecule has 4 aromatic carbocycles. The molecule has 0 aliphatic carbocycles. The van der Waals surface area contributed by atoms with Gasteiger partial charge in [-0.15, -0.1) is 0 Å². The van der Waals surface area contributed by atoms with Gasteiger partial charge in [-0.05, 0) is 72.8 Å².